The van der Waals surface area contributed by atoms with Crippen molar-refractivity contribution in [1.29, 1.82) is 0 Å². The molecule has 0 unspecified atom stereocenters. The maximum atomic E-state index is 2.36. The van der Waals surface area contributed by atoms with Gasteiger partial charge in [-0.3, -0.25) is 0 Å². The average molecular weight is 455 g/mol. The van der Waals surface area contributed by atoms with Crippen molar-refractivity contribution in [1.82, 2.24) is 0 Å². The van der Waals surface area contributed by atoms with Gasteiger partial charge in [0.2, 0.25) is 0 Å². The molecule has 1 aliphatic carbocycles. The SMILES string of the molecule is c1ccc(-c2ccc(-c3ccc4c(ccc5ccccc54)c3)c3c2-c2cccc4cccc-3c24)cc1. The van der Waals surface area contributed by atoms with Gasteiger partial charge in [-0.15, -0.1) is 0 Å². The van der Waals surface area contributed by atoms with Crippen LogP contribution < -0.4 is 0 Å². The topological polar surface area (TPSA) is 0 Å². The second-order valence-electron chi connectivity index (χ2n) is 9.71. The molecular weight excluding hydrogens is 432 g/mol. The summed E-state index contributed by atoms with van der Waals surface area (Å²) in [5, 5.41) is 7.85. The largest absolute Gasteiger partial charge is 0.0622 e. The van der Waals surface area contributed by atoms with Gasteiger partial charge in [0, 0.05) is 0 Å². The van der Waals surface area contributed by atoms with Crippen LogP contribution in [0.25, 0.3) is 76.8 Å². The van der Waals surface area contributed by atoms with E-state index in [1.165, 1.54) is 76.8 Å². The molecule has 1 aliphatic rings. The number of hydrogen-bond acceptors (Lipinski definition) is 0. The molecule has 0 bridgehead atoms. The Morgan fingerprint density at radius 2 is 0.917 bits per heavy atom. The molecule has 166 valence electrons. The van der Waals surface area contributed by atoms with Crippen LogP contribution in [0.1, 0.15) is 0 Å². The highest BCUT2D eigenvalue weighted by Crippen LogP contribution is 2.54. The fourth-order valence-electron chi connectivity index (χ4n) is 6.20. The Bertz CT molecular complexity index is 1970. The van der Waals surface area contributed by atoms with Gasteiger partial charge in [-0.05, 0) is 82.9 Å². The molecule has 0 amide bonds. The molecular formula is C36H22. The summed E-state index contributed by atoms with van der Waals surface area (Å²) in [5.41, 5.74) is 10.5. The summed E-state index contributed by atoms with van der Waals surface area (Å²) >= 11 is 0. The Kier molecular flexibility index (Phi) is 4.03. The maximum absolute atomic E-state index is 2.36. The number of rotatable bonds is 2. The van der Waals surface area contributed by atoms with Gasteiger partial charge < -0.3 is 0 Å². The van der Waals surface area contributed by atoms with Crippen LogP contribution in [0.15, 0.2) is 133 Å². The van der Waals surface area contributed by atoms with E-state index in [4.69, 9.17) is 0 Å². The third kappa shape index (κ3) is 2.70. The van der Waals surface area contributed by atoms with Crippen LogP contribution >= 0.6 is 0 Å². The quantitative estimate of drug-likeness (QED) is 0.228. The minimum Gasteiger partial charge on any atom is -0.0622 e. The molecule has 0 saturated heterocycles. The Hall–Kier alpha value is -4.68. The molecule has 0 nitrogen and oxygen atoms in total. The summed E-state index contributed by atoms with van der Waals surface area (Å²) in [4.78, 5) is 0. The van der Waals surface area contributed by atoms with Gasteiger partial charge in [-0.2, -0.15) is 0 Å². The number of fused-ring (bicyclic) bond motifs is 6. The van der Waals surface area contributed by atoms with E-state index < -0.39 is 0 Å². The minimum atomic E-state index is 1.26. The minimum absolute atomic E-state index is 1.26. The lowest BCUT2D eigenvalue weighted by atomic mass is 9.87. The van der Waals surface area contributed by atoms with Crippen molar-refractivity contribution in [2.75, 3.05) is 0 Å². The summed E-state index contributed by atoms with van der Waals surface area (Å²) in [5.74, 6) is 0. The van der Waals surface area contributed by atoms with Crippen molar-refractivity contribution in [3.63, 3.8) is 0 Å². The molecule has 0 heteroatoms. The monoisotopic (exact) mass is 454 g/mol. The Labute approximate surface area is 210 Å². The van der Waals surface area contributed by atoms with Crippen LogP contribution in [-0.2, 0) is 0 Å². The highest BCUT2D eigenvalue weighted by atomic mass is 14.3. The zero-order valence-electron chi connectivity index (χ0n) is 19.7. The van der Waals surface area contributed by atoms with Gasteiger partial charge in [-0.25, -0.2) is 0 Å². The lowest BCUT2D eigenvalue weighted by Gasteiger charge is -2.16. The molecule has 0 fully saturated rings. The first-order chi connectivity index (χ1) is 17.9. The Morgan fingerprint density at radius 3 is 1.69 bits per heavy atom. The predicted octanol–water partition coefficient (Wildman–Crippen LogP) is 10.1. The van der Waals surface area contributed by atoms with Gasteiger partial charge in [0.1, 0.15) is 0 Å². The Morgan fingerprint density at radius 1 is 0.306 bits per heavy atom. The highest BCUT2D eigenvalue weighted by molar-refractivity contribution is 6.21. The van der Waals surface area contributed by atoms with E-state index in [1.54, 1.807) is 0 Å². The van der Waals surface area contributed by atoms with Crippen LogP contribution in [0.5, 0.6) is 0 Å². The van der Waals surface area contributed by atoms with Gasteiger partial charge >= 0.3 is 0 Å². The van der Waals surface area contributed by atoms with Crippen molar-refractivity contribution >= 4 is 32.3 Å². The van der Waals surface area contributed by atoms with Gasteiger partial charge in [-0.1, -0.05) is 127 Å². The van der Waals surface area contributed by atoms with E-state index in [0.717, 1.165) is 0 Å². The van der Waals surface area contributed by atoms with Crippen LogP contribution in [0.2, 0.25) is 0 Å². The van der Waals surface area contributed by atoms with Crippen molar-refractivity contribution in [2.45, 2.75) is 0 Å². The van der Waals surface area contributed by atoms with Gasteiger partial charge in [0.25, 0.3) is 0 Å². The molecule has 0 aromatic heterocycles. The standard InChI is InChI=1S/C36H22/c1-2-8-23(9-3-1)30-20-21-31(36-33-15-7-12-25-11-6-14-32(34(25)33)35(30)36)27-18-19-29-26(22-27)17-16-24-10-4-5-13-28(24)29/h1-22H. The first kappa shape index (κ1) is 19.6. The van der Waals surface area contributed by atoms with Crippen LogP contribution in [0, 0.1) is 0 Å². The second-order valence-corrected chi connectivity index (χ2v) is 9.71. The fraction of sp³-hybridized carbons (Fsp3) is 0. The molecule has 0 N–H and O–H groups in total. The van der Waals surface area contributed by atoms with Crippen molar-refractivity contribution in [3.05, 3.63) is 133 Å². The summed E-state index contributed by atoms with van der Waals surface area (Å²) in [7, 11) is 0. The molecule has 36 heavy (non-hydrogen) atoms. The van der Waals surface area contributed by atoms with E-state index in [-0.39, 0.29) is 0 Å². The number of hydrogen-bond donors (Lipinski definition) is 0. The summed E-state index contributed by atoms with van der Waals surface area (Å²) in [6.07, 6.45) is 0. The second kappa shape index (κ2) is 7.41. The van der Waals surface area contributed by atoms with E-state index in [2.05, 4.69) is 133 Å². The fourth-order valence-corrected chi connectivity index (χ4v) is 6.20. The number of benzene rings is 7. The molecule has 0 heterocycles. The van der Waals surface area contributed by atoms with Crippen molar-refractivity contribution in [3.8, 4) is 44.5 Å². The van der Waals surface area contributed by atoms with E-state index in [9.17, 15) is 0 Å². The normalized spacial score (nSPS) is 11.9. The van der Waals surface area contributed by atoms with E-state index in [1.807, 2.05) is 0 Å². The first-order valence-electron chi connectivity index (χ1n) is 12.5. The molecule has 0 spiro atoms. The van der Waals surface area contributed by atoms with Crippen LogP contribution in [-0.4, -0.2) is 0 Å². The molecule has 0 radical (unpaired) electrons. The van der Waals surface area contributed by atoms with Gasteiger partial charge in [0.15, 0.2) is 0 Å². The average Bonchev–Trinajstić information content (AvgIpc) is 3.29. The molecule has 0 saturated carbocycles. The summed E-state index contributed by atoms with van der Waals surface area (Å²) in [6.45, 7) is 0. The lowest BCUT2D eigenvalue weighted by molar-refractivity contribution is 1.60. The van der Waals surface area contributed by atoms with Gasteiger partial charge in [0.05, 0.1) is 0 Å². The van der Waals surface area contributed by atoms with Crippen molar-refractivity contribution < 1.29 is 0 Å². The third-order valence-corrected chi connectivity index (χ3v) is 7.79. The lowest BCUT2D eigenvalue weighted by Crippen LogP contribution is -1.90. The zero-order valence-corrected chi connectivity index (χ0v) is 19.7. The Balaban J connectivity index is 1.45. The van der Waals surface area contributed by atoms with Crippen LogP contribution in [0.4, 0.5) is 0 Å². The molecule has 0 atom stereocenters. The van der Waals surface area contributed by atoms with Crippen molar-refractivity contribution in [2.24, 2.45) is 0 Å². The van der Waals surface area contributed by atoms with E-state index >= 15 is 0 Å². The highest BCUT2D eigenvalue weighted by Gasteiger charge is 2.27. The summed E-state index contributed by atoms with van der Waals surface area (Å²) in [6, 6.07) is 49.0. The maximum Gasteiger partial charge on any atom is -0.00139 e. The first-order valence-corrected chi connectivity index (χ1v) is 12.5. The smallest absolute Gasteiger partial charge is 0.00139 e. The molecule has 7 aromatic carbocycles. The van der Waals surface area contributed by atoms with E-state index in [0.29, 0.717) is 0 Å². The molecule has 8 rings (SSSR count). The summed E-state index contributed by atoms with van der Waals surface area (Å²) < 4.78 is 0. The third-order valence-electron chi connectivity index (χ3n) is 7.79. The predicted molar refractivity (Wildman–Crippen MR) is 154 cm³/mol. The molecule has 0 aliphatic heterocycles. The zero-order chi connectivity index (χ0) is 23.6. The molecule has 7 aromatic rings. The van der Waals surface area contributed by atoms with Crippen LogP contribution in [0.3, 0.4) is 0 Å².